The van der Waals surface area contributed by atoms with Gasteiger partial charge in [0.05, 0.1) is 19.2 Å². The van der Waals surface area contributed by atoms with Crippen LogP contribution in [-0.2, 0) is 17.6 Å². The fraction of sp³-hybridized carbons (Fsp3) is 0.200. The second kappa shape index (κ2) is 8.29. The van der Waals surface area contributed by atoms with Gasteiger partial charge in [-0.05, 0) is 42.3 Å². The van der Waals surface area contributed by atoms with Crippen molar-refractivity contribution in [1.82, 2.24) is 10.5 Å². The van der Waals surface area contributed by atoms with Crippen LogP contribution in [0.4, 0.5) is 4.39 Å². The van der Waals surface area contributed by atoms with E-state index in [4.69, 9.17) is 9.26 Å². The Bertz CT molecular complexity index is 875. The van der Waals surface area contributed by atoms with Crippen LogP contribution < -0.4 is 10.1 Å². The van der Waals surface area contributed by atoms with Crippen molar-refractivity contribution < 1.29 is 18.4 Å². The lowest BCUT2D eigenvalue weighted by Crippen LogP contribution is -2.27. The summed E-state index contributed by atoms with van der Waals surface area (Å²) in [5.74, 6) is 0.853. The molecule has 3 aromatic rings. The number of carbonyl (C=O) groups is 1. The number of hydrogen-bond donors (Lipinski definition) is 1. The number of nitrogens with zero attached hydrogens (tertiary/aromatic N) is 1. The maximum absolute atomic E-state index is 13.0. The molecule has 5 nitrogen and oxygen atoms in total. The molecule has 26 heavy (non-hydrogen) atoms. The molecule has 134 valence electrons. The molecule has 0 aliphatic rings. The maximum atomic E-state index is 13.0. The van der Waals surface area contributed by atoms with Gasteiger partial charge < -0.3 is 14.6 Å². The zero-order valence-corrected chi connectivity index (χ0v) is 14.4. The van der Waals surface area contributed by atoms with E-state index in [1.807, 2.05) is 24.3 Å². The summed E-state index contributed by atoms with van der Waals surface area (Å²) in [6.07, 6.45) is 0.798. The molecule has 3 rings (SSSR count). The topological polar surface area (TPSA) is 64.4 Å². The number of benzene rings is 2. The van der Waals surface area contributed by atoms with Crippen LogP contribution in [0.2, 0.25) is 0 Å². The monoisotopic (exact) mass is 354 g/mol. The smallest absolute Gasteiger partial charge is 0.226 e. The molecule has 0 unspecified atom stereocenters. The highest BCUT2D eigenvalue weighted by atomic mass is 19.1. The van der Waals surface area contributed by atoms with E-state index in [1.165, 1.54) is 12.1 Å². The largest absolute Gasteiger partial charge is 0.496 e. The summed E-state index contributed by atoms with van der Waals surface area (Å²) < 4.78 is 23.5. The Hall–Kier alpha value is -3.15. The van der Waals surface area contributed by atoms with Crippen LogP contribution in [0.3, 0.4) is 0 Å². The molecular weight excluding hydrogens is 335 g/mol. The molecule has 1 aromatic heterocycles. The molecule has 1 amide bonds. The van der Waals surface area contributed by atoms with E-state index in [0.29, 0.717) is 30.0 Å². The quantitative estimate of drug-likeness (QED) is 0.706. The molecule has 0 radical (unpaired) electrons. The molecule has 0 saturated heterocycles. The number of methoxy groups -OCH3 is 1. The first-order valence-corrected chi connectivity index (χ1v) is 8.26. The average Bonchev–Trinajstić information content (AvgIpc) is 3.11. The second-order valence-corrected chi connectivity index (χ2v) is 5.78. The molecule has 0 fully saturated rings. The molecule has 1 heterocycles. The van der Waals surface area contributed by atoms with E-state index >= 15 is 0 Å². The van der Waals surface area contributed by atoms with Gasteiger partial charge in [-0.1, -0.05) is 23.4 Å². The van der Waals surface area contributed by atoms with Crippen LogP contribution >= 0.6 is 0 Å². The molecule has 0 aliphatic heterocycles. The Kier molecular flexibility index (Phi) is 5.63. The Morgan fingerprint density at radius 1 is 1.19 bits per heavy atom. The van der Waals surface area contributed by atoms with Crippen LogP contribution in [0, 0.1) is 5.82 Å². The Morgan fingerprint density at radius 3 is 2.73 bits per heavy atom. The minimum Gasteiger partial charge on any atom is -0.496 e. The number of nitrogens with one attached hydrogen (secondary N) is 1. The van der Waals surface area contributed by atoms with Crippen molar-refractivity contribution in [3.05, 3.63) is 71.7 Å². The van der Waals surface area contributed by atoms with Crippen molar-refractivity contribution in [3.63, 3.8) is 0 Å². The van der Waals surface area contributed by atoms with Gasteiger partial charge in [0.15, 0.2) is 5.76 Å². The summed E-state index contributed by atoms with van der Waals surface area (Å²) in [6.45, 7) is 0.502. The second-order valence-electron chi connectivity index (χ2n) is 5.78. The van der Waals surface area contributed by atoms with E-state index in [1.54, 1.807) is 25.3 Å². The van der Waals surface area contributed by atoms with Crippen LogP contribution in [0.15, 0.2) is 59.1 Å². The summed E-state index contributed by atoms with van der Waals surface area (Å²) in [4.78, 5) is 12.1. The minimum atomic E-state index is -0.317. The number of rotatable bonds is 7. The minimum absolute atomic E-state index is 0.122. The molecule has 0 aliphatic carbocycles. The van der Waals surface area contributed by atoms with E-state index in [2.05, 4.69) is 10.5 Å². The lowest BCUT2D eigenvalue weighted by atomic mass is 10.1. The third kappa shape index (κ3) is 4.47. The van der Waals surface area contributed by atoms with Gasteiger partial charge in [0.25, 0.3) is 0 Å². The predicted molar refractivity (Wildman–Crippen MR) is 95.3 cm³/mol. The number of aromatic nitrogens is 1. The Labute approximate surface area is 150 Å². The van der Waals surface area contributed by atoms with Gasteiger partial charge in [-0.3, -0.25) is 4.79 Å². The van der Waals surface area contributed by atoms with Gasteiger partial charge in [-0.2, -0.15) is 0 Å². The lowest BCUT2D eigenvalue weighted by Gasteiger charge is -2.08. The molecule has 1 N–H and O–H groups in total. The molecule has 0 atom stereocenters. The standard InChI is InChI=1S/C20H19FN2O3/c1-25-18-5-3-2-4-14(18)10-11-22-20(24)13-17-12-19(26-23-17)15-6-8-16(21)9-7-15/h2-9,12H,10-11,13H2,1H3,(H,22,24). The summed E-state index contributed by atoms with van der Waals surface area (Å²) in [6, 6.07) is 15.3. The van der Waals surface area contributed by atoms with Crippen LogP contribution in [-0.4, -0.2) is 24.7 Å². The molecule has 2 aromatic carbocycles. The molecule has 0 saturated carbocycles. The van der Waals surface area contributed by atoms with Crippen molar-refractivity contribution in [2.24, 2.45) is 0 Å². The van der Waals surface area contributed by atoms with Gasteiger partial charge >= 0.3 is 0 Å². The number of halogens is 1. The van der Waals surface area contributed by atoms with E-state index < -0.39 is 0 Å². The number of hydrogen-bond acceptors (Lipinski definition) is 4. The van der Waals surface area contributed by atoms with Crippen LogP contribution in [0.1, 0.15) is 11.3 Å². The van der Waals surface area contributed by atoms with E-state index in [-0.39, 0.29) is 18.1 Å². The summed E-state index contributed by atoms with van der Waals surface area (Å²) in [5.41, 5.74) is 2.27. The highest BCUT2D eigenvalue weighted by Crippen LogP contribution is 2.21. The lowest BCUT2D eigenvalue weighted by molar-refractivity contribution is -0.120. The van der Waals surface area contributed by atoms with Crippen LogP contribution in [0.5, 0.6) is 5.75 Å². The number of amides is 1. The van der Waals surface area contributed by atoms with Crippen molar-refractivity contribution in [2.75, 3.05) is 13.7 Å². The van der Waals surface area contributed by atoms with Gasteiger partial charge in [0.2, 0.25) is 5.91 Å². The van der Waals surface area contributed by atoms with E-state index in [9.17, 15) is 9.18 Å². The molecule has 6 heteroatoms. The zero-order valence-electron chi connectivity index (χ0n) is 14.4. The third-order valence-corrected chi connectivity index (χ3v) is 3.94. The first-order valence-electron chi connectivity index (χ1n) is 8.26. The summed E-state index contributed by atoms with van der Waals surface area (Å²) in [5, 5.41) is 6.76. The number of carbonyl (C=O) groups excluding carboxylic acids is 1. The SMILES string of the molecule is COc1ccccc1CCNC(=O)Cc1cc(-c2ccc(F)cc2)on1. The summed E-state index contributed by atoms with van der Waals surface area (Å²) in [7, 11) is 1.63. The molecular formula is C20H19FN2O3. The van der Waals surface area contributed by atoms with Crippen molar-refractivity contribution in [1.29, 1.82) is 0 Å². The third-order valence-electron chi connectivity index (χ3n) is 3.94. The predicted octanol–water partition coefficient (Wildman–Crippen LogP) is 3.39. The van der Waals surface area contributed by atoms with E-state index in [0.717, 1.165) is 11.3 Å². The number of para-hydroxylation sites is 1. The van der Waals surface area contributed by atoms with Crippen molar-refractivity contribution in [2.45, 2.75) is 12.8 Å². The first-order chi connectivity index (χ1) is 12.7. The van der Waals surface area contributed by atoms with Crippen molar-refractivity contribution >= 4 is 5.91 Å². The Morgan fingerprint density at radius 2 is 1.96 bits per heavy atom. The van der Waals surface area contributed by atoms with Crippen LogP contribution in [0.25, 0.3) is 11.3 Å². The molecule has 0 bridgehead atoms. The summed E-state index contributed by atoms with van der Waals surface area (Å²) >= 11 is 0. The van der Waals surface area contributed by atoms with Gasteiger partial charge in [0.1, 0.15) is 11.6 Å². The molecule has 0 spiro atoms. The zero-order chi connectivity index (χ0) is 18.4. The normalized spacial score (nSPS) is 10.5. The van der Waals surface area contributed by atoms with Gasteiger partial charge in [-0.15, -0.1) is 0 Å². The maximum Gasteiger partial charge on any atom is 0.226 e. The average molecular weight is 354 g/mol. The highest BCUT2D eigenvalue weighted by molar-refractivity contribution is 5.78. The van der Waals surface area contributed by atoms with Gasteiger partial charge in [0, 0.05) is 18.2 Å². The highest BCUT2D eigenvalue weighted by Gasteiger charge is 2.11. The van der Waals surface area contributed by atoms with Gasteiger partial charge in [-0.25, -0.2) is 4.39 Å². The van der Waals surface area contributed by atoms with Crippen molar-refractivity contribution in [3.8, 4) is 17.1 Å². The number of ether oxygens (including phenoxy) is 1. The Balaban J connectivity index is 1.51. The fourth-order valence-electron chi connectivity index (χ4n) is 2.62. The fourth-order valence-corrected chi connectivity index (χ4v) is 2.62. The first kappa shape index (κ1) is 17.7.